The number of aryl methyl sites for hydroxylation is 1. The van der Waals surface area contributed by atoms with E-state index in [-0.39, 0.29) is 17.9 Å². The van der Waals surface area contributed by atoms with Gasteiger partial charge in [0.1, 0.15) is 0 Å². The molecule has 3 aromatic carbocycles. The van der Waals surface area contributed by atoms with E-state index < -0.39 is 0 Å². The maximum Gasteiger partial charge on any atom is 0.256 e. The largest absolute Gasteiger partial charge is 0.345 e. The lowest BCUT2D eigenvalue weighted by molar-refractivity contribution is 0.0941. The van der Waals surface area contributed by atoms with Crippen LogP contribution in [0.5, 0.6) is 0 Å². The predicted octanol–water partition coefficient (Wildman–Crippen LogP) is 5.34. The van der Waals surface area contributed by atoms with Crippen LogP contribution in [0.15, 0.2) is 72.8 Å². The van der Waals surface area contributed by atoms with Crippen molar-refractivity contribution in [2.75, 3.05) is 5.32 Å². The highest BCUT2D eigenvalue weighted by Crippen LogP contribution is 2.21. The van der Waals surface area contributed by atoms with Gasteiger partial charge in [0.15, 0.2) is 0 Å². The summed E-state index contributed by atoms with van der Waals surface area (Å²) in [5.41, 5.74) is 3.61. The van der Waals surface area contributed by atoms with Gasteiger partial charge in [-0.3, -0.25) is 9.59 Å². The quantitative estimate of drug-likeness (QED) is 0.481. The monoisotopic (exact) mass is 484 g/mol. The van der Waals surface area contributed by atoms with Gasteiger partial charge in [0.25, 0.3) is 11.8 Å². The van der Waals surface area contributed by atoms with Crippen molar-refractivity contribution < 1.29 is 9.59 Å². The van der Waals surface area contributed by atoms with Crippen LogP contribution in [0.25, 0.3) is 0 Å². The van der Waals surface area contributed by atoms with Crippen molar-refractivity contribution in [3.8, 4) is 0 Å². The molecule has 0 aliphatic heterocycles. The summed E-state index contributed by atoms with van der Waals surface area (Å²) in [6.07, 6.45) is 0. The van der Waals surface area contributed by atoms with Crippen molar-refractivity contribution in [3.63, 3.8) is 0 Å². The fraction of sp³-hybridized carbons (Fsp3) is 0.130. The Hall–Kier alpha value is -2.67. The van der Waals surface area contributed by atoms with E-state index in [1.54, 1.807) is 30.3 Å². The maximum absolute atomic E-state index is 12.8. The topological polar surface area (TPSA) is 58.2 Å². The SMILES string of the molecule is Cc1ccc(C(=O)Nc2ccccc2C(=O)N[C@@H](C)c2ccccc2)c(I)c1. The average molecular weight is 484 g/mol. The average Bonchev–Trinajstić information content (AvgIpc) is 2.68. The third kappa shape index (κ3) is 4.78. The molecule has 3 rings (SSSR count). The molecule has 4 nitrogen and oxygen atoms in total. The lowest BCUT2D eigenvalue weighted by Crippen LogP contribution is -2.28. The van der Waals surface area contributed by atoms with Crippen LogP contribution in [0.1, 0.15) is 44.8 Å². The molecule has 2 N–H and O–H groups in total. The Bertz CT molecular complexity index is 1000. The van der Waals surface area contributed by atoms with Crippen LogP contribution >= 0.6 is 22.6 Å². The zero-order chi connectivity index (χ0) is 20.1. The van der Waals surface area contributed by atoms with Crippen LogP contribution in [0, 0.1) is 10.5 Å². The summed E-state index contributed by atoms with van der Waals surface area (Å²) >= 11 is 2.15. The first-order valence-corrected chi connectivity index (χ1v) is 10.1. The molecule has 142 valence electrons. The van der Waals surface area contributed by atoms with E-state index in [0.29, 0.717) is 16.8 Å². The summed E-state index contributed by atoms with van der Waals surface area (Å²) in [6, 6.07) is 22.3. The van der Waals surface area contributed by atoms with Crippen molar-refractivity contribution >= 4 is 40.1 Å². The number of para-hydroxylation sites is 1. The number of halogens is 1. The number of hydrogen-bond donors (Lipinski definition) is 2. The smallest absolute Gasteiger partial charge is 0.256 e. The molecule has 3 aromatic rings. The molecule has 2 amide bonds. The van der Waals surface area contributed by atoms with E-state index in [9.17, 15) is 9.59 Å². The Morgan fingerprint density at radius 1 is 0.857 bits per heavy atom. The minimum atomic E-state index is -0.235. The van der Waals surface area contributed by atoms with Gasteiger partial charge in [-0.2, -0.15) is 0 Å². The Balaban J connectivity index is 1.79. The minimum absolute atomic E-state index is 0.143. The third-order valence-electron chi connectivity index (χ3n) is 4.44. The third-order valence-corrected chi connectivity index (χ3v) is 5.33. The Labute approximate surface area is 178 Å². The van der Waals surface area contributed by atoms with Crippen LogP contribution in [0.4, 0.5) is 5.69 Å². The second kappa shape index (κ2) is 9.01. The molecule has 0 radical (unpaired) electrons. The highest BCUT2D eigenvalue weighted by atomic mass is 127. The van der Waals surface area contributed by atoms with Crippen LogP contribution in [0.2, 0.25) is 0 Å². The first kappa shape index (κ1) is 20.1. The number of benzene rings is 3. The fourth-order valence-electron chi connectivity index (χ4n) is 2.88. The number of amides is 2. The van der Waals surface area contributed by atoms with Gasteiger partial charge in [0.2, 0.25) is 0 Å². The van der Waals surface area contributed by atoms with E-state index in [1.807, 2.05) is 56.3 Å². The zero-order valence-corrected chi connectivity index (χ0v) is 17.9. The summed E-state index contributed by atoms with van der Waals surface area (Å²) in [7, 11) is 0. The lowest BCUT2D eigenvalue weighted by Gasteiger charge is -2.16. The van der Waals surface area contributed by atoms with Gasteiger partial charge >= 0.3 is 0 Å². The number of rotatable bonds is 5. The van der Waals surface area contributed by atoms with Crippen molar-refractivity contribution in [2.45, 2.75) is 19.9 Å². The second-order valence-electron chi connectivity index (χ2n) is 6.59. The standard InChI is InChI=1S/C23H21IN2O2/c1-15-12-13-18(20(24)14-15)22(27)26-21-11-7-6-10-19(21)23(28)25-16(2)17-8-4-3-5-9-17/h3-14,16H,1-2H3,(H,25,28)(H,26,27)/t16-/m0/s1. The van der Waals surface area contributed by atoms with Crippen molar-refractivity contribution in [3.05, 3.63) is 98.6 Å². The molecule has 0 aromatic heterocycles. The highest BCUT2D eigenvalue weighted by molar-refractivity contribution is 14.1. The second-order valence-corrected chi connectivity index (χ2v) is 7.75. The number of nitrogens with one attached hydrogen (secondary N) is 2. The summed E-state index contributed by atoms with van der Waals surface area (Å²) in [6.45, 7) is 3.92. The van der Waals surface area contributed by atoms with Gasteiger partial charge in [0.05, 0.1) is 22.9 Å². The molecular formula is C23H21IN2O2. The molecule has 0 spiro atoms. The Morgan fingerprint density at radius 2 is 1.54 bits per heavy atom. The summed E-state index contributed by atoms with van der Waals surface area (Å²) < 4.78 is 0.870. The van der Waals surface area contributed by atoms with Crippen molar-refractivity contribution in [1.82, 2.24) is 5.32 Å². The molecule has 0 unspecified atom stereocenters. The van der Waals surface area contributed by atoms with Gasteiger partial charge in [-0.25, -0.2) is 0 Å². The molecule has 1 atom stereocenters. The van der Waals surface area contributed by atoms with Crippen molar-refractivity contribution in [1.29, 1.82) is 0 Å². The fourth-order valence-corrected chi connectivity index (χ4v) is 3.80. The summed E-state index contributed by atoms with van der Waals surface area (Å²) in [5, 5.41) is 5.87. The van der Waals surface area contributed by atoms with Gasteiger partial charge in [-0.05, 0) is 66.3 Å². The summed E-state index contributed by atoms with van der Waals surface area (Å²) in [4.78, 5) is 25.5. The highest BCUT2D eigenvalue weighted by Gasteiger charge is 2.17. The van der Waals surface area contributed by atoms with E-state index in [1.165, 1.54) is 0 Å². The van der Waals surface area contributed by atoms with Crippen LogP contribution in [-0.2, 0) is 0 Å². The van der Waals surface area contributed by atoms with Crippen LogP contribution < -0.4 is 10.6 Å². The van der Waals surface area contributed by atoms with Gasteiger partial charge in [-0.1, -0.05) is 54.1 Å². The van der Waals surface area contributed by atoms with E-state index >= 15 is 0 Å². The zero-order valence-electron chi connectivity index (χ0n) is 15.7. The molecule has 0 heterocycles. The number of carbonyl (C=O) groups excluding carboxylic acids is 2. The number of carbonyl (C=O) groups is 2. The molecule has 0 saturated heterocycles. The van der Waals surface area contributed by atoms with Crippen LogP contribution in [0.3, 0.4) is 0 Å². The number of anilines is 1. The van der Waals surface area contributed by atoms with Gasteiger partial charge in [-0.15, -0.1) is 0 Å². The molecule has 5 heteroatoms. The molecule has 0 aliphatic rings. The van der Waals surface area contributed by atoms with E-state index in [0.717, 1.165) is 14.7 Å². The minimum Gasteiger partial charge on any atom is -0.345 e. The molecular weight excluding hydrogens is 463 g/mol. The molecule has 0 bridgehead atoms. The Morgan fingerprint density at radius 3 is 2.25 bits per heavy atom. The lowest BCUT2D eigenvalue weighted by atomic mass is 10.1. The molecule has 0 fully saturated rings. The molecule has 0 aliphatic carbocycles. The predicted molar refractivity (Wildman–Crippen MR) is 121 cm³/mol. The maximum atomic E-state index is 12.8. The van der Waals surface area contributed by atoms with E-state index in [2.05, 4.69) is 33.2 Å². The van der Waals surface area contributed by atoms with Crippen LogP contribution in [-0.4, -0.2) is 11.8 Å². The first-order valence-electron chi connectivity index (χ1n) is 8.98. The van der Waals surface area contributed by atoms with Gasteiger partial charge < -0.3 is 10.6 Å². The number of hydrogen-bond acceptors (Lipinski definition) is 2. The van der Waals surface area contributed by atoms with Gasteiger partial charge in [0, 0.05) is 3.57 Å². The molecule has 0 saturated carbocycles. The normalized spacial score (nSPS) is 11.5. The van der Waals surface area contributed by atoms with Crippen molar-refractivity contribution in [2.24, 2.45) is 0 Å². The summed E-state index contributed by atoms with van der Waals surface area (Å²) in [5.74, 6) is -0.466. The molecule has 28 heavy (non-hydrogen) atoms. The first-order chi connectivity index (χ1) is 13.5. The van der Waals surface area contributed by atoms with E-state index in [4.69, 9.17) is 0 Å². The Kier molecular flexibility index (Phi) is 6.46.